The number of aromatic nitrogens is 2. The average molecular weight is 442 g/mol. The Hall–Kier alpha value is -1.64. The Kier molecular flexibility index (Phi) is 7.70. The van der Waals surface area contributed by atoms with Gasteiger partial charge in [0.15, 0.2) is 0 Å². The number of nitrogens with zero attached hydrogens (tertiary/aromatic N) is 1. The number of carbonyl (C=O) groups excluding carboxylic acids is 1. The summed E-state index contributed by atoms with van der Waals surface area (Å²) in [4.78, 5) is 20.3. The molecule has 1 atom stereocenters. The molecule has 0 aliphatic carbocycles. The molecule has 2 heterocycles. The Morgan fingerprint density at radius 3 is 2.41 bits per heavy atom. The molecular weight excluding hydrogens is 421 g/mol. The average Bonchev–Trinajstić information content (AvgIpc) is 3.02. The van der Waals surface area contributed by atoms with Gasteiger partial charge in [0.1, 0.15) is 0 Å². The summed E-state index contributed by atoms with van der Waals surface area (Å²) in [6, 6.07) is 12.1. The molecule has 1 unspecified atom stereocenters. The van der Waals surface area contributed by atoms with Gasteiger partial charge in [-0.3, -0.25) is 14.5 Å². The van der Waals surface area contributed by atoms with Crippen molar-refractivity contribution in [1.82, 2.24) is 9.97 Å². The summed E-state index contributed by atoms with van der Waals surface area (Å²) in [6.07, 6.45) is 2.56. The number of aryl methyl sites for hydroxylation is 1. The Balaban J connectivity index is 0.00000225. The van der Waals surface area contributed by atoms with E-state index in [0.29, 0.717) is 22.0 Å². The van der Waals surface area contributed by atoms with E-state index >= 15 is 0 Å². The van der Waals surface area contributed by atoms with E-state index < -0.39 is 10.0 Å². The second-order valence-electron chi connectivity index (χ2n) is 6.69. The Morgan fingerprint density at radius 2 is 1.86 bits per heavy atom. The molecule has 0 spiro atoms. The Labute approximate surface area is 198 Å². The molecule has 0 amide bonds. The predicted octanol–water partition coefficient (Wildman–Crippen LogP) is 1.24. The normalized spacial score (nSPS) is 12.1. The van der Waals surface area contributed by atoms with Gasteiger partial charge in [-0.2, -0.15) is 0 Å². The first-order valence-electron chi connectivity index (χ1n) is 8.57. The monoisotopic (exact) mass is 441 g/mol. The van der Waals surface area contributed by atoms with Crippen LogP contribution < -0.4 is 34.3 Å². The molecule has 2 N–H and O–H groups in total. The van der Waals surface area contributed by atoms with Gasteiger partial charge in [0.05, 0.1) is 23.8 Å². The summed E-state index contributed by atoms with van der Waals surface area (Å²) in [7, 11) is -3.35. The minimum Gasteiger partial charge on any atom is -1.00 e. The Bertz CT molecular complexity index is 1120. The molecule has 0 saturated carbocycles. The summed E-state index contributed by atoms with van der Waals surface area (Å²) in [6.45, 7) is 3.84. The summed E-state index contributed by atoms with van der Waals surface area (Å²) in [5, 5.41) is 0.578. The number of anilines is 1. The van der Waals surface area contributed by atoms with Crippen LogP contribution in [0.25, 0.3) is 0 Å². The molecule has 0 aliphatic heterocycles. The van der Waals surface area contributed by atoms with Crippen LogP contribution >= 0.6 is 11.6 Å². The standard InChI is InChI=1S/C20H20ClN3O3S.Na.H/c1-12-10-18(23-19(12)20(25)14-4-6-15(21)7-5-14)13(2)17-9-8-16(11-22-17)24-28(3,26)27;;/h4-11,13,23-24H,1-3H3;;/q;+1;-1. The Morgan fingerprint density at radius 1 is 1.21 bits per heavy atom. The molecule has 6 nitrogen and oxygen atoms in total. The number of hydrogen-bond acceptors (Lipinski definition) is 4. The molecule has 3 aromatic rings. The van der Waals surface area contributed by atoms with Gasteiger partial charge in [0.25, 0.3) is 0 Å². The summed E-state index contributed by atoms with van der Waals surface area (Å²) < 4.78 is 25.0. The number of hydrogen-bond donors (Lipinski definition) is 2. The van der Waals surface area contributed by atoms with Crippen LogP contribution in [-0.2, 0) is 10.0 Å². The van der Waals surface area contributed by atoms with E-state index in [1.54, 1.807) is 36.4 Å². The zero-order valence-electron chi connectivity index (χ0n) is 17.7. The van der Waals surface area contributed by atoms with E-state index in [4.69, 9.17) is 11.6 Å². The summed E-state index contributed by atoms with van der Waals surface area (Å²) in [5.41, 5.74) is 3.94. The first kappa shape index (κ1) is 23.6. The summed E-state index contributed by atoms with van der Waals surface area (Å²) in [5.74, 6) is -0.203. The van der Waals surface area contributed by atoms with Gasteiger partial charge in [-0.25, -0.2) is 8.42 Å². The topological polar surface area (TPSA) is 91.9 Å². The van der Waals surface area contributed by atoms with Crippen molar-refractivity contribution in [2.45, 2.75) is 19.8 Å². The molecule has 0 radical (unpaired) electrons. The third-order valence-corrected chi connectivity index (χ3v) is 5.23. The number of ketones is 1. The van der Waals surface area contributed by atoms with Crippen molar-refractivity contribution in [3.8, 4) is 0 Å². The molecule has 3 rings (SSSR count). The van der Waals surface area contributed by atoms with Crippen molar-refractivity contribution in [2.75, 3.05) is 11.0 Å². The van der Waals surface area contributed by atoms with Crippen LogP contribution in [0.5, 0.6) is 0 Å². The van der Waals surface area contributed by atoms with Crippen molar-refractivity contribution < 1.29 is 44.2 Å². The molecule has 0 bridgehead atoms. The van der Waals surface area contributed by atoms with Gasteiger partial charge in [-0.05, 0) is 55.0 Å². The fraction of sp³-hybridized carbons (Fsp3) is 0.200. The maximum absolute atomic E-state index is 12.8. The van der Waals surface area contributed by atoms with Crippen molar-refractivity contribution >= 4 is 33.1 Å². The van der Waals surface area contributed by atoms with Gasteiger partial charge in [-0.15, -0.1) is 0 Å². The van der Waals surface area contributed by atoms with E-state index in [1.165, 1.54) is 6.20 Å². The van der Waals surface area contributed by atoms with Gasteiger partial charge < -0.3 is 6.41 Å². The van der Waals surface area contributed by atoms with Gasteiger partial charge >= 0.3 is 29.6 Å². The molecule has 148 valence electrons. The number of halogens is 1. The van der Waals surface area contributed by atoms with E-state index in [1.807, 2.05) is 19.9 Å². The first-order valence-corrected chi connectivity index (χ1v) is 10.8. The SMILES string of the molecule is Cc1cc(C(C)c2ccc(NS(C)(=O)=O)cn2)[nH]c1C(=O)c1ccc(Cl)cc1.[H-].[Na+]. The molecule has 0 fully saturated rings. The zero-order chi connectivity index (χ0) is 20.5. The third kappa shape index (κ3) is 5.93. The molecule has 0 saturated heterocycles. The van der Waals surface area contributed by atoms with Crippen molar-refractivity contribution in [1.29, 1.82) is 0 Å². The molecule has 29 heavy (non-hydrogen) atoms. The predicted molar refractivity (Wildman–Crippen MR) is 112 cm³/mol. The number of rotatable bonds is 6. The number of pyridine rings is 1. The fourth-order valence-electron chi connectivity index (χ4n) is 2.89. The second-order valence-corrected chi connectivity index (χ2v) is 8.87. The molecular formula is C20H21ClN3NaO3S. The molecule has 2 aromatic heterocycles. The van der Waals surface area contributed by atoms with E-state index in [2.05, 4.69) is 14.7 Å². The minimum absolute atomic E-state index is 0. The van der Waals surface area contributed by atoms with E-state index in [-0.39, 0.29) is 42.7 Å². The van der Waals surface area contributed by atoms with Crippen LogP contribution in [0.3, 0.4) is 0 Å². The van der Waals surface area contributed by atoms with Crippen LogP contribution in [0.1, 0.15) is 47.3 Å². The van der Waals surface area contributed by atoms with Crippen LogP contribution in [0.2, 0.25) is 5.02 Å². The maximum atomic E-state index is 12.8. The van der Waals surface area contributed by atoms with Crippen LogP contribution in [-0.4, -0.2) is 30.4 Å². The smallest absolute Gasteiger partial charge is 1.00 e. The van der Waals surface area contributed by atoms with Crippen LogP contribution in [0, 0.1) is 6.92 Å². The van der Waals surface area contributed by atoms with Crippen LogP contribution in [0.4, 0.5) is 5.69 Å². The van der Waals surface area contributed by atoms with Crippen LogP contribution in [0.15, 0.2) is 48.7 Å². The van der Waals surface area contributed by atoms with Crippen molar-refractivity contribution in [3.05, 3.63) is 81.9 Å². The number of aromatic amines is 1. The van der Waals surface area contributed by atoms with E-state index in [0.717, 1.165) is 23.2 Å². The van der Waals surface area contributed by atoms with Gasteiger partial charge in [0, 0.05) is 27.9 Å². The number of benzene rings is 1. The largest absolute Gasteiger partial charge is 1.00 e. The zero-order valence-corrected chi connectivity index (χ0v) is 20.2. The van der Waals surface area contributed by atoms with Crippen molar-refractivity contribution in [2.24, 2.45) is 0 Å². The van der Waals surface area contributed by atoms with Gasteiger partial charge in [-0.1, -0.05) is 18.5 Å². The molecule has 0 aliphatic rings. The summed E-state index contributed by atoms with van der Waals surface area (Å²) >= 11 is 5.89. The van der Waals surface area contributed by atoms with Crippen molar-refractivity contribution in [3.63, 3.8) is 0 Å². The molecule has 1 aromatic carbocycles. The second kappa shape index (κ2) is 9.45. The van der Waals surface area contributed by atoms with Gasteiger partial charge in [0.2, 0.25) is 15.8 Å². The number of nitrogens with one attached hydrogen (secondary N) is 2. The molecule has 9 heteroatoms. The minimum atomic E-state index is -3.35. The number of H-pyrrole nitrogens is 1. The fourth-order valence-corrected chi connectivity index (χ4v) is 3.57. The quantitative estimate of drug-likeness (QED) is 0.444. The van der Waals surface area contributed by atoms with E-state index in [9.17, 15) is 13.2 Å². The maximum Gasteiger partial charge on any atom is 1.00 e. The first-order chi connectivity index (χ1) is 13.1. The number of sulfonamides is 1. The third-order valence-electron chi connectivity index (χ3n) is 4.37. The number of carbonyl (C=O) groups is 1.